The molecular weight excluding hydrogens is 109 g/mol. The third kappa shape index (κ3) is 0.599. The van der Waals surface area contributed by atoms with Gasteiger partial charge in [0, 0.05) is 6.04 Å². The van der Waals surface area contributed by atoms with Gasteiger partial charge in [0.1, 0.15) is 0 Å². The van der Waals surface area contributed by atoms with Gasteiger partial charge in [-0.1, -0.05) is 19.0 Å². The van der Waals surface area contributed by atoms with E-state index in [0.29, 0.717) is 0 Å². The van der Waals surface area contributed by atoms with Gasteiger partial charge < -0.3 is 4.81 Å². The van der Waals surface area contributed by atoms with Crippen molar-refractivity contribution < 1.29 is 0 Å². The van der Waals surface area contributed by atoms with E-state index in [1.54, 1.807) is 0 Å². The van der Waals surface area contributed by atoms with Crippen molar-refractivity contribution in [2.45, 2.75) is 25.1 Å². The zero-order valence-corrected chi connectivity index (χ0v) is 6.04. The monoisotopic (exact) mass is 121 g/mol. The SMILES string of the molecule is CB1C2C=CC(C2)N1C. The van der Waals surface area contributed by atoms with Gasteiger partial charge >= 0.3 is 0 Å². The highest BCUT2D eigenvalue weighted by Crippen LogP contribution is 2.37. The average Bonchev–Trinajstić information content (AvgIpc) is 2.37. The number of hydrogen-bond acceptors (Lipinski definition) is 1. The Bertz CT molecular complexity index is 139. The van der Waals surface area contributed by atoms with E-state index in [1.807, 2.05) is 0 Å². The number of likely N-dealkylation sites (N-methyl/N-ethyl adjacent to an activating group) is 1. The molecule has 1 aliphatic heterocycles. The molecule has 0 saturated carbocycles. The molecule has 9 heavy (non-hydrogen) atoms. The summed E-state index contributed by atoms with van der Waals surface area (Å²) in [5, 5.41) is 0. The number of hydrogen-bond donors (Lipinski definition) is 0. The highest BCUT2D eigenvalue weighted by molar-refractivity contribution is 6.58. The van der Waals surface area contributed by atoms with E-state index in [9.17, 15) is 0 Å². The van der Waals surface area contributed by atoms with E-state index in [-0.39, 0.29) is 0 Å². The third-order valence-corrected chi connectivity index (χ3v) is 2.88. The lowest BCUT2D eigenvalue weighted by molar-refractivity contribution is 0.478. The molecule has 1 nitrogen and oxygen atoms in total. The summed E-state index contributed by atoms with van der Waals surface area (Å²) in [7, 11) is 2.22. The second-order valence-corrected chi connectivity index (χ2v) is 3.26. The Hall–Kier alpha value is -0.235. The van der Waals surface area contributed by atoms with Gasteiger partial charge in [-0.2, -0.15) is 0 Å². The van der Waals surface area contributed by atoms with Crippen molar-refractivity contribution in [1.29, 1.82) is 0 Å². The van der Waals surface area contributed by atoms with Crippen LogP contribution in [0.5, 0.6) is 0 Å². The molecule has 2 rings (SSSR count). The maximum Gasteiger partial charge on any atom is 0.227 e. The highest BCUT2D eigenvalue weighted by atomic mass is 15.1. The summed E-state index contributed by atoms with van der Waals surface area (Å²) in [6, 6.07) is 0.769. The van der Waals surface area contributed by atoms with E-state index >= 15 is 0 Å². The van der Waals surface area contributed by atoms with Crippen LogP contribution in [0, 0.1) is 0 Å². The fourth-order valence-corrected chi connectivity index (χ4v) is 1.97. The molecule has 48 valence electrons. The van der Waals surface area contributed by atoms with Crippen LogP contribution >= 0.6 is 0 Å². The van der Waals surface area contributed by atoms with Crippen molar-refractivity contribution >= 4 is 6.85 Å². The maximum absolute atomic E-state index is 2.46. The van der Waals surface area contributed by atoms with E-state index < -0.39 is 0 Å². The Labute approximate surface area is 56.8 Å². The first-order valence-electron chi connectivity index (χ1n) is 3.69. The van der Waals surface area contributed by atoms with Crippen molar-refractivity contribution in [3.63, 3.8) is 0 Å². The Morgan fingerprint density at radius 3 is 2.67 bits per heavy atom. The zero-order chi connectivity index (χ0) is 6.43. The largest absolute Gasteiger partial charge is 0.339 e. The van der Waals surface area contributed by atoms with Crippen LogP contribution in [0.3, 0.4) is 0 Å². The van der Waals surface area contributed by atoms with E-state index in [4.69, 9.17) is 0 Å². The van der Waals surface area contributed by atoms with Crippen LogP contribution in [0.15, 0.2) is 12.2 Å². The Balaban J connectivity index is 2.26. The third-order valence-electron chi connectivity index (χ3n) is 2.88. The van der Waals surface area contributed by atoms with E-state index in [0.717, 1.165) is 18.7 Å². The van der Waals surface area contributed by atoms with Gasteiger partial charge in [0.15, 0.2) is 0 Å². The standard InChI is InChI=1S/C7H12BN/c1-8-6-3-4-7(5-6)9(8)2/h3-4,6-7H,5H2,1-2H3. The minimum atomic E-state index is 0.769. The van der Waals surface area contributed by atoms with E-state index in [2.05, 4.69) is 30.8 Å². The lowest BCUT2D eigenvalue weighted by Gasteiger charge is -2.22. The second-order valence-electron chi connectivity index (χ2n) is 3.26. The molecule has 0 aromatic rings. The predicted octanol–water partition coefficient (Wildman–Crippen LogP) is 1.25. The van der Waals surface area contributed by atoms with Crippen LogP contribution in [-0.4, -0.2) is 24.7 Å². The summed E-state index contributed by atoms with van der Waals surface area (Å²) in [6.07, 6.45) is 6.08. The van der Waals surface area contributed by atoms with Crippen LogP contribution in [0.2, 0.25) is 12.6 Å². The molecular formula is C7H12BN. The van der Waals surface area contributed by atoms with Crippen molar-refractivity contribution in [3.8, 4) is 0 Å². The van der Waals surface area contributed by atoms with Crippen molar-refractivity contribution in [3.05, 3.63) is 12.2 Å². The Morgan fingerprint density at radius 1 is 1.56 bits per heavy atom. The number of rotatable bonds is 0. The van der Waals surface area contributed by atoms with Gasteiger partial charge in [-0.3, -0.25) is 0 Å². The molecule has 0 spiro atoms. The summed E-state index contributed by atoms with van der Waals surface area (Å²) in [5.41, 5.74) is 0. The lowest BCUT2D eigenvalue weighted by Crippen LogP contribution is -2.35. The van der Waals surface area contributed by atoms with Crippen LogP contribution in [0.1, 0.15) is 6.42 Å². The fraction of sp³-hybridized carbons (Fsp3) is 0.714. The minimum absolute atomic E-state index is 0.769. The molecule has 1 saturated heterocycles. The smallest absolute Gasteiger partial charge is 0.227 e. The normalized spacial score (nSPS) is 40.9. The average molecular weight is 121 g/mol. The van der Waals surface area contributed by atoms with Gasteiger partial charge in [-0.05, 0) is 19.3 Å². The van der Waals surface area contributed by atoms with Crippen molar-refractivity contribution in [1.82, 2.24) is 4.81 Å². The number of allylic oxidation sites excluding steroid dienone is 1. The first-order chi connectivity index (χ1) is 4.29. The molecule has 1 fully saturated rings. The minimum Gasteiger partial charge on any atom is -0.339 e. The molecule has 0 aromatic carbocycles. The molecule has 1 heterocycles. The van der Waals surface area contributed by atoms with Gasteiger partial charge in [-0.15, -0.1) is 0 Å². The van der Waals surface area contributed by atoms with E-state index in [1.165, 1.54) is 6.42 Å². The fourth-order valence-electron chi connectivity index (χ4n) is 1.97. The molecule has 0 aromatic heterocycles. The molecule has 2 unspecified atom stereocenters. The molecule has 0 amide bonds. The molecule has 2 heteroatoms. The van der Waals surface area contributed by atoms with Crippen LogP contribution in [-0.2, 0) is 0 Å². The first kappa shape index (κ1) is 5.54. The summed E-state index contributed by atoms with van der Waals surface area (Å²) >= 11 is 0. The quantitative estimate of drug-likeness (QED) is 0.344. The second kappa shape index (κ2) is 1.63. The summed E-state index contributed by atoms with van der Waals surface area (Å²) in [6.45, 7) is 3.11. The molecule has 0 radical (unpaired) electrons. The van der Waals surface area contributed by atoms with Crippen LogP contribution < -0.4 is 0 Å². The topological polar surface area (TPSA) is 3.24 Å². The molecule has 2 bridgehead atoms. The highest BCUT2D eigenvalue weighted by Gasteiger charge is 2.39. The van der Waals surface area contributed by atoms with Crippen LogP contribution in [0.25, 0.3) is 0 Å². The maximum atomic E-state index is 2.46. The number of nitrogens with zero attached hydrogens (tertiary/aromatic N) is 1. The summed E-state index contributed by atoms with van der Waals surface area (Å²) < 4.78 is 0. The van der Waals surface area contributed by atoms with Crippen molar-refractivity contribution in [2.75, 3.05) is 7.05 Å². The predicted molar refractivity (Wildman–Crippen MR) is 40.7 cm³/mol. The Morgan fingerprint density at radius 2 is 2.33 bits per heavy atom. The molecule has 2 atom stereocenters. The van der Waals surface area contributed by atoms with Crippen LogP contribution in [0.4, 0.5) is 0 Å². The number of fused-ring (bicyclic) bond motifs is 2. The van der Waals surface area contributed by atoms with Gasteiger partial charge in [0.25, 0.3) is 0 Å². The Kier molecular flexibility index (Phi) is 1.00. The van der Waals surface area contributed by atoms with Gasteiger partial charge in [-0.25, -0.2) is 0 Å². The van der Waals surface area contributed by atoms with Gasteiger partial charge in [0.2, 0.25) is 6.85 Å². The zero-order valence-electron chi connectivity index (χ0n) is 6.04. The first-order valence-corrected chi connectivity index (χ1v) is 3.69. The van der Waals surface area contributed by atoms with Crippen molar-refractivity contribution in [2.24, 2.45) is 0 Å². The molecule has 0 N–H and O–H groups in total. The molecule has 1 aliphatic carbocycles. The summed E-state index contributed by atoms with van der Waals surface area (Å²) in [4.78, 5) is 2.46. The lowest BCUT2D eigenvalue weighted by atomic mass is 9.54. The summed E-state index contributed by atoms with van der Waals surface area (Å²) in [5.74, 6) is 0.861. The van der Waals surface area contributed by atoms with Gasteiger partial charge in [0.05, 0.1) is 0 Å². The molecule has 2 aliphatic rings.